The fraction of sp³-hybridized carbons (Fsp3) is 0.467. The van der Waals surface area contributed by atoms with Crippen LogP contribution in [0.2, 0.25) is 10.0 Å². The number of amides is 2. The van der Waals surface area contributed by atoms with Gasteiger partial charge in [-0.15, -0.1) is 0 Å². The van der Waals surface area contributed by atoms with Crippen LogP contribution in [0.1, 0.15) is 31.2 Å². The molecule has 1 saturated carbocycles. The minimum atomic E-state index is -0.760. The molecule has 1 aliphatic rings. The second-order valence-electron chi connectivity index (χ2n) is 5.54. The normalized spacial score (nSPS) is 21.2. The van der Waals surface area contributed by atoms with Crippen molar-refractivity contribution in [2.75, 3.05) is 5.32 Å². The van der Waals surface area contributed by atoms with E-state index in [1.165, 1.54) is 0 Å². The summed E-state index contributed by atoms with van der Waals surface area (Å²) in [6, 6.07) is 3.10. The third kappa shape index (κ3) is 4.05. The SMILES string of the molecule is Cc1ccc(NC(=O)NC2CCC(C(=O)O)CC2)c(Cl)c1Cl. The van der Waals surface area contributed by atoms with E-state index in [0.717, 1.165) is 5.56 Å². The number of hydrogen-bond acceptors (Lipinski definition) is 2. The van der Waals surface area contributed by atoms with E-state index in [9.17, 15) is 9.59 Å². The highest BCUT2D eigenvalue weighted by atomic mass is 35.5. The minimum Gasteiger partial charge on any atom is -0.481 e. The number of carbonyl (C=O) groups is 2. The molecule has 2 amide bonds. The topological polar surface area (TPSA) is 78.4 Å². The lowest BCUT2D eigenvalue weighted by atomic mass is 9.86. The Morgan fingerprint density at radius 1 is 1.14 bits per heavy atom. The fourth-order valence-corrected chi connectivity index (χ4v) is 3.00. The molecule has 0 spiro atoms. The van der Waals surface area contributed by atoms with E-state index in [2.05, 4.69) is 10.6 Å². The van der Waals surface area contributed by atoms with E-state index < -0.39 is 5.97 Å². The summed E-state index contributed by atoms with van der Waals surface area (Å²) in [5, 5.41) is 15.2. The van der Waals surface area contributed by atoms with Crippen LogP contribution in [0.5, 0.6) is 0 Å². The van der Waals surface area contributed by atoms with E-state index in [-0.39, 0.29) is 18.0 Å². The Morgan fingerprint density at radius 2 is 1.77 bits per heavy atom. The molecule has 0 bridgehead atoms. The molecule has 0 unspecified atom stereocenters. The summed E-state index contributed by atoms with van der Waals surface area (Å²) in [5.74, 6) is -1.06. The third-order valence-electron chi connectivity index (χ3n) is 3.94. The zero-order valence-corrected chi connectivity index (χ0v) is 13.7. The maximum atomic E-state index is 12.0. The van der Waals surface area contributed by atoms with Gasteiger partial charge >= 0.3 is 12.0 Å². The Bertz CT molecular complexity index is 584. The molecule has 0 radical (unpaired) electrons. The molecule has 0 heterocycles. The van der Waals surface area contributed by atoms with E-state index in [1.54, 1.807) is 12.1 Å². The summed E-state index contributed by atoms with van der Waals surface area (Å²) in [5.41, 5.74) is 1.29. The lowest BCUT2D eigenvalue weighted by molar-refractivity contribution is -0.142. The number of nitrogens with one attached hydrogen (secondary N) is 2. The van der Waals surface area contributed by atoms with Crippen molar-refractivity contribution in [3.05, 3.63) is 27.7 Å². The molecule has 1 fully saturated rings. The molecule has 1 aliphatic carbocycles. The Balaban J connectivity index is 1.89. The summed E-state index contributed by atoms with van der Waals surface area (Å²) in [7, 11) is 0. The number of benzene rings is 1. The van der Waals surface area contributed by atoms with Gasteiger partial charge in [0.1, 0.15) is 0 Å². The molecule has 22 heavy (non-hydrogen) atoms. The second-order valence-corrected chi connectivity index (χ2v) is 6.30. The van der Waals surface area contributed by atoms with Gasteiger partial charge in [0, 0.05) is 6.04 Å². The van der Waals surface area contributed by atoms with Crippen LogP contribution in [0.3, 0.4) is 0 Å². The fourth-order valence-electron chi connectivity index (χ4n) is 2.57. The van der Waals surface area contributed by atoms with Crippen LogP contribution < -0.4 is 10.6 Å². The van der Waals surface area contributed by atoms with Crippen molar-refractivity contribution in [2.24, 2.45) is 5.92 Å². The van der Waals surface area contributed by atoms with Gasteiger partial charge in [-0.05, 0) is 44.2 Å². The number of aryl methyl sites for hydroxylation is 1. The Kier molecular flexibility index (Phi) is 5.53. The molecule has 1 aromatic rings. The van der Waals surface area contributed by atoms with Crippen molar-refractivity contribution in [1.82, 2.24) is 5.32 Å². The molecule has 0 aromatic heterocycles. The summed E-state index contributed by atoms with van der Waals surface area (Å²) >= 11 is 12.1. The largest absolute Gasteiger partial charge is 0.481 e. The number of anilines is 1. The van der Waals surface area contributed by atoms with Gasteiger partial charge in [-0.2, -0.15) is 0 Å². The average Bonchev–Trinajstić information content (AvgIpc) is 2.48. The van der Waals surface area contributed by atoms with Gasteiger partial charge in [-0.25, -0.2) is 4.79 Å². The lowest BCUT2D eigenvalue weighted by Crippen LogP contribution is -2.41. The van der Waals surface area contributed by atoms with Crippen molar-refractivity contribution in [3.8, 4) is 0 Å². The van der Waals surface area contributed by atoms with E-state index in [0.29, 0.717) is 41.4 Å². The molecule has 1 aromatic carbocycles. The smallest absolute Gasteiger partial charge is 0.319 e. The number of carboxylic acid groups (broad SMARTS) is 1. The van der Waals surface area contributed by atoms with Crippen molar-refractivity contribution in [2.45, 2.75) is 38.6 Å². The number of carboxylic acids is 1. The van der Waals surface area contributed by atoms with Gasteiger partial charge in [0.05, 0.1) is 21.7 Å². The van der Waals surface area contributed by atoms with Crippen LogP contribution in [0, 0.1) is 12.8 Å². The van der Waals surface area contributed by atoms with E-state index in [4.69, 9.17) is 28.3 Å². The molecule has 3 N–H and O–H groups in total. The highest BCUT2D eigenvalue weighted by molar-refractivity contribution is 6.44. The van der Waals surface area contributed by atoms with Gasteiger partial charge in [0.25, 0.3) is 0 Å². The van der Waals surface area contributed by atoms with Gasteiger partial charge in [0.2, 0.25) is 0 Å². The van der Waals surface area contributed by atoms with Crippen LogP contribution in [-0.2, 0) is 4.79 Å². The zero-order chi connectivity index (χ0) is 16.3. The van der Waals surface area contributed by atoms with Crippen LogP contribution >= 0.6 is 23.2 Å². The minimum absolute atomic E-state index is 0.0182. The molecule has 120 valence electrons. The summed E-state index contributed by atoms with van der Waals surface area (Å²) in [6.45, 7) is 1.83. The lowest BCUT2D eigenvalue weighted by Gasteiger charge is -2.26. The first kappa shape index (κ1) is 16.9. The number of hydrogen-bond donors (Lipinski definition) is 3. The Labute approximate surface area is 139 Å². The molecule has 5 nitrogen and oxygen atoms in total. The first-order chi connectivity index (χ1) is 10.4. The first-order valence-corrected chi connectivity index (χ1v) is 7.89. The predicted molar refractivity (Wildman–Crippen MR) is 86.7 cm³/mol. The van der Waals surface area contributed by atoms with Crippen molar-refractivity contribution in [1.29, 1.82) is 0 Å². The Hall–Kier alpha value is -1.46. The number of rotatable bonds is 3. The van der Waals surface area contributed by atoms with Crippen LogP contribution in [0.25, 0.3) is 0 Å². The average molecular weight is 345 g/mol. The van der Waals surface area contributed by atoms with Gasteiger partial charge in [-0.1, -0.05) is 29.3 Å². The number of aliphatic carboxylic acids is 1. The molecule has 0 aliphatic heterocycles. The predicted octanol–water partition coefficient (Wildman–Crippen LogP) is 4.07. The van der Waals surface area contributed by atoms with Gasteiger partial charge < -0.3 is 15.7 Å². The maximum Gasteiger partial charge on any atom is 0.319 e. The van der Waals surface area contributed by atoms with Crippen molar-refractivity contribution < 1.29 is 14.7 Å². The molecular formula is C15H18Cl2N2O3. The molecular weight excluding hydrogens is 327 g/mol. The molecule has 2 rings (SSSR count). The third-order valence-corrected chi connectivity index (χ3v) is 4.91. The molecule has 0 saturated heterocycles. The van der Waals surface area contributed by atoms with Gasteiger partial charge in [-0.3, -0.25) is 4.79 Å². The van der Waals surface area contributed by atoms with Crippen molar-refractivity contribution in [3.63, 3.8) is 0 Å². The first-order valence-electron chi connectivity index (χ1n) is 7.13. The van der Waals surface area contributed by atoms with Gasteiger partial charge in [0.15, 0.2) is 0 Å². The molecule has 7 heteroatoms. The monoisotopic (exact) mass is 344 g/mol. The zero-order valence-electron chi connectivity index (χ0n) is 12.2. The quantitative estimate of drug-likeness (QED) is 0.773. The summed E-state index contributed by atoms with van der Waals surface area (Å²) in [4.78, 5) is 22.9. The number of halogens is 2. The van der Waals surface area contributed by atoms with Crippen LogP contribution in [-0.4, -0.2) is 23.1 Å². The number of urea groups is 1. The maximum absolute atomic E-state index is 12.0. The summed E-state index contributed by atoms with van der Waals surface area (Å²) < 4.78 is 0. The Morgan fingerprint density at radius 3 is 2.36 bits per heavy atom. The van der Waals surface area contributed by atoms with Crippen molar-refractivity contribution >= 4 is 40.9 Å². The highest BCUT2D eigenvalue weighted by Gasteiger charge is 2.26. The van der Waals surface area contributed by atoms with Crippen LogP contribution in [0.15, 0.2) is 12.1 Å². The van der Waals surface area contributed by atoms with E-state index >= 15 is 0 Å². The standard InChI is InChI=1S/C15H18Cl2N2O3/c1-8-2-7-11(13(17)12(8)16)19-15(22)18-10-5-3-9(4-6-10)14(20)21/h2,7,9-10H,3-6H2,1H3,(H,20,21)(H2,18,19,22). The number of carbonyl (C=O) groups excluding carboxylic acids is 1. The highest BCUT2D eigenvalue weighted by Crippen LogP contribution is 2.32. The summed E-state index contributed by atoms with van der Waals surface area (Å²) in [6.07, 6.45) is 2.48. The molecule has 0 atom stereocenters. The van der Waals surface area contributed by atoms with E-state index in [1.807, 2.05) is 6.92 Å². The second kappa shape index (κ2) is 7.20. The van der Waals surface area contributed by atoms with Crippen LogP contribution in [0.4, 0.5) is 10.5 Å².